The molecule has 0 aliphatic carbocycles. The molecule has 0 saturated heterocycles. The van der Waals surface area contributed by atoms with E-state index in [9.17, 15) is 26.1 Å². The van der Waals surface area contributed by atoms with Crippen molar-refractivity contribution in [2.24, 2.45) is 0 Å². The fourth-order valence-electron chi connectivity index (χ4n) is 0.781. The largest absolute Gasteiger partial charge is 1.00 e. The number of unbranched alkanes of at least 4 members (excludes halogenated alkanes) is 2. The Kier molecular flexibility index (Phi) is 8.03. The predicted molar refractivity (Wildman–Crippen MR) is 39.1 cm³/mol. The van der Waals surface area contributed by atoms with Gasteiger partial charge < -0.3 is 4.55 Å². The molecule has 3 nitrogen and oxygen atoms in total. The van der Waals surface area contributed by atoms with Crippen molar-refractivity contribution in [1.29, 1.82) is 0 Å². The molecule has 0 amide bonds. The maximum atomic E-state index is 11.5. The van der Waals surface area contributed by atoms with Crippen molar-refractivity contribution in [3.8, 4) is 0 Å². The van der Waals surface area contributed by atoms with Crippen molar-refractivity contribution < 1.29 is 45.0 Å². The maximum absolute atomic E-state index is 11.5. The minimum Gasteiger partial charge on any atom is -0.748 e. The summed E-state index contributed by atoms with van der Waals surface area (Å²) in [4.78, 5) is 0. The molecule has 0 spiro atoms. The van der Waals surface area contributed by atoms with Crippen LogP contribution in [0.3, 0.4) is 0 Å². The fraction of sp³-hybridized carbons (Fsp3) is 1.00. The second-order valence-corrected chi connectivity index (χ2v) is 4.21. The normalized spacial score (nSPS) is 12.3. The Hall–Kier alpha value is 0.297. The van der Waals surface area contributed by atoms with Crippen LogP contribution in [0.5, 0.6) is 0 Å². The van der Waals surface area contributed by atoms with Crippen LogP contribution in [-0.4, -0.2) is 24.9 Å². The average molecular weight is 226 g/mol. The number of halogens is 3. The second-order valence-electron chi connectivity index (χ2n) is 2.69. The molecule has 0 heterocycles. The second kappa shape index (κ2) is 6.72. The maximum Gasteiger partial charge on any atom is 1.00 e. The summed E-state index contributed by atoms with van der Waals surface area (Å²) in [6, 6.07) is 0. The van der Waals surface area contributed by atoms with E-state index in [1.54, 1.807) is 0 Å². The third-order valence-electron chi connectivity index (χ3n) is 1.35. The summed E-state index contributed by atoms with van der Waals surface area (Å²) in [5.74, 6) is -0.579. The summed E-state index contributed by atoms with van der Waals surface area (Å²) in [5, 5.41) is 0. The average Bonchev–Trinajstić information content (AvgIpc) is 1.81. The van der Waals surface area contributed by atoms with Crippen LogP contribution in [0.25, 0.3) is 0 Å². The summed E-state index contributed by atoms with van der Waals surface area (Å²) in [5.41, 5.74) is 0. The quantitative estimate of drug-likeness (QED) is 0.331. The van der Waals surface area contributed by atoms with Gasteiger partial charge in [-0.1, -0.05) is 6.42 Å². The zero-order valence-corrected chi connectivity index (χ0v) is 8.62. The van der Waals surface area contributed by atoms with Gasteiger partial charge in [0.1, 0.15) is 0 Å². The van der Waals surface area contributed by atoms with Gasteiger partial charge in [-0.15, -0.1) is 0 Å². The smallest absolute Gasteiger partial charge is 0.748 e. The molecule has 0 aliphatic rings. The molecule has 0 aliphatic heterocycles. The first-order valence-corrected chi connectivity index (χ1v) is 5.29. The first-order chi connectivity index (χ1) is 5.71. The van der Waals surface area contributed by atoms with Gasteiger partial charge in [-0.05, 0) is 12.8 Å². The number of alkyl halides is 3. The minimum absolute atomic E-state index is 0. The zero-order chi connectivity index (χ0) is 10.5. The fourth-order valence-corrected chi connectivity index (χ4v) is 1.34. The molecule has 0 radical (unpaired) electrons. The molecular formula is C6H10F3LiO3S. The van der Waals surface area contributed by atoms with Gasteiger partial charge >= 0.3 is 25.0 Å². The van der Waals surface area contributed by atoms with Gasteiger partial charge in [0.15, 0.2) is 0 Å². The van der Waals surface area contributed by atoms with E-state index in [1.807, 2.05) is 0 Å². The molecule has 80 valence electrons. The Morgan fingerprint density at radius 3 is 1.93 bits per heavy atom. The Labute approximate surface area is 93.0 Å². The van der Waals surface area contributed by atoms with E-state index in [1.165, 1.54) is 0 Å². The Bertz CT molecular complexity index is 237. The van der Waals surface area contributed by atoms with Crippen molar-refractivity contribution in [3.05, 3.63) is 0 Å². The summed E-state index contributed by atoms with van der Waals surface area (Å²) in [6.07, 6.45) is -5.13. The molecule has 0 rings (SSSR count). The van der Waals surface area contributed by atoms with Crippen LogP contribution >= 0.6 is 0 Å². The van der Waals surface area contributed by atoms with Gasteiger partial charge in [-0.25, -0.2) is 8.42 Å². The molecule has 0 aromatic heterocycles. The summed E-state index contributed by atoms with van der Waals surface area (Å²) < 4.78 is 64.7. The molecule has 0 saturated carbocycles. The Morgan fingerprint density at radius 1 is 1.07 bits per heavy atom. The number of hydrogen-bond donors (Lipinski definition) is 0. The molecule has 0 bridgehead atoms. The first-order valence-electron chi connectivity index (χ1n) is 3.71. The van der Waals surface area contributed by atoms with Crippen LogP contribution in [0.2, 0.25) is 0 Å². The van der Waals surface area contributed by atoms with Crippen LogP contribution < -0.4 is 18.9 Å². The Morgan fingerprint density at radius 2 is 1.57 bits per heavy atom. The van der Waals surface area contributed by atoms with Crippen LogP contribution in [0.4, 0.5) is 13.2 Å². The van der Waals surface area contributed by atoms with E-state index in [2.05, 4.69) is 0 Å². The number of hydrogen-bond acceptors (Lipinski definition) is 3. The topological polar surface area (TPSA) is 57.2 Å². The van der Waals surface area contributed by atoms with Crippen LogP contribution in [0.15, 0.2) is 0 Å². The minimum atomic E-state index is -4.27. The van der Waals surface area contributed by atoms with Crippen molar-refractivity contribution in [2.75, 3.05) is 5.75 Å². The predicted octanol–water partition coefficient (Wildman–Crippen LogP) is -1.34. The van der Waals surface area contributed by atoms with Crippen molar-refractivity contribution in [3.63, 3.8) is 0 Å². The standard InChI is InChI=1S/C6H11F3O3S.Li/c7-6(8,9)4-2-1-3-5-13(10,11)12;/h1-5H2,(H,10,11,12);/q;+1/p-1. The van der Waals surface area contributed by atoms with Crippen molar-refractivity contribution in [2.45, 2.75) is 31.9 Å². The molecule has 0 aromatic rings. The van der Waals surface area contributed by atoms with Crippen molar-refractivity contribution >= 4 is 10.1 Å². The van der Waals surface area contributed by atoms with Gasteiger partial charge in [-0.2, -0.15) is 13.2 Å². The van der Waals surface area contributed by atoms with Gasteiger partial charge in [0.25, 0.3) is 0 Å². The zero-order valence-electron chi connectivity index (χ0n) is 7.80. The van der Waals surface area contributed by atoms with Gasteiger partial charge in [0, 0.05) is 12.2 Å². The molecule has 0 aromatic carbocycles. The van der Waals surface area contributed by atoms with Crippen LogP contribution in [-0.2, 0) is 10.1 Å². The van der Waals surface area contributed by atoms with E-state index < -0.39 is 28.5 Å². The summed E-state index contributed by atoms with van der Waals surface area (Å²) >= 11 is 0. The molecule has 0 atom stereocenters. The van der Waals surface area contributed by atoms with E-state index in [0.717, 1.165) is 0 Å². The third-order valence-corrected chi connectivity index (χ3v) is 2.14. The summed E-state index contributed by atoms with van der Waals surface area (Å²) in [7, 11) is -4.27. The SMILES string of the molecule is O=S(=O)([O-])CCCCCC(F)(F)F.[Li+]. The molecule has 0 unspecified atom stereocenters. The molecule has 8 heteroatoms. The molecule has 14 heavy (non-hydrogen) atoms. The van der Waals surface area contributed by atoms with E-state index in [-0.39, 0.29) is 38.1 Å². The van der Waals surface area contributed by atoms with E-state index in [4.69, 9.17) is 0 Å². The van der Waals surface area contributed by atoms with Crippen LogP contribution in [0.1, 0.15) is 25.7 Å². The molecular weight excluding hydrogens is 216 g/mol. The third kappa shape index (κ3) is 14.8. The van der Waals surface area contributed by atoms with Gasteiger partial charge in [0.2, 0.25) is 0 Å². The summed E-state index contributed by atoms with van der Waals surface area (Å²) in [6.45, 7) is 0. The Balaban J connectivity index is 0. The molecule has 0 N–H and O–H groups in total. The number of rotatable bonds is 5. The van der Waals surface area contributed by atoms with Gasteiger partial charge in [-0.3, -0.25) is 0 Å². The first kappa shape index (κ1) is 16.7. The van der Waals surface area contributed by atoms with Gasteiger partial charge in [0.05, 0.1) is 10.1 Å². The monoisotopic (exact) mass is 226 g/mol. The van der Waals surface area contributed by atoms with Crippen LogP contribution in [0, 0.1) is 0 Å². The molecule has 0 fully saturated rings. The van der Waals surface area contributed by atoms with E-state index >= 15 is 0 Å². The van der Waals surface area contributed by atoms with Crippen molar-refractivity contribution in [1.82, 2.24) is 0 Å². The van der Waals surface area contributed by atoms with E-state index in [0.29, 0.717) is 0 Å².